The second-order valence-corrected chi connectivity index (χ2v) is 10.9. The van der Waals surface area contributed by atoms with Crippen molar-refractivity contribution in [1.29, 1.82) is 0 Å². The van der Waals surface area contributed by atoms with Crippen LogP contribution < -0.4 is 18.9 Å². The molecule has 0 aliphatic carbocycles. The van der Waals surface area contributed by atoms with Crippen LogP contribution in [-0.4, -0.2) is 38.4 Å². The summed E-state index contributed by atoms with van der Waals surface area (Å²) in [5.74, 6) is 1.26. The summed E-state index contributed by atoms with van der Waals surface area (Å²) in [5.41, 5.74) is 1.60. The first kappa shape index (κ1) is 36.7. The first-order chi connectivity index (χ1) is 23.0. The van der Waals surface area contributed by atoms with E-state index in [1.807, 2.05) is 6.92 Å². The monoisotopic (exact) mass is 644 g/mol. The van der Waals surface area contributed by atoms with Gasteiger partial charge in [-0.15, -0.1) is 0 Å². The lowest BCUT2D eigenvalue weighted by molar-refractivity contribution is 0.0718. The summed E-state index contributed by atoms with van der Waals surface area (Å²) in [5, 5.41) is 0. The van der Waals surface area contributed by atoms with Gasteiger partial charge in [-0.05, 0) is 130 Å². The maximum absolute atomic E-state index is 12.9. The lowest BCUT2D eigenvalue weighted by Crippen LogP contribution is -2.11. The van der Waals surface area contributed by atoms with Gasteiger partial charge in [0, 0.05) is 0 Å². The minimum absolute atomic E-state index is 0.378. The second kappa shape index (κ2) is 21.9. The highest BCUT2D eigenvalue weighted by molar-refractivity contribution is 5.92. The van der Waals surface area contributed by atoms with Gasteiger partial charge < -0.3 is 28.4 Å². The Kier molecular flexibility index (Phi) is 17.1. The molecule has 0 saturated carbocycles. The highest BCUT2D eigenvalue weighted by atomic mass is 16.5. The molecule has 3 rings (SSSR count). The number of unbranched alkanes of at least 4 members (excludes halogenated alkanes) is 6. The smallest absolute Gasteiger partial charge is 0.343 e. The SMILES string of the molecule is C=COCCCCCCOc1ccc(C(=O)Oc2ccc(OC(=O)c3ccc(OCCCCCCOC=C)cc3)c(CCC)c2)cc1. The van der Waals surface area contributed by atoms with Crippen LogP contribution in [0.15, 0.2) is 92.4 Å². The zero-order valence-electron chi connectivity index (χ0n) is 27.6. The Balaban J connectivity index is 1.46. The van der Waals surface area contributed by atoms with Crippen molar-refractivity contribution >= 4 is 11.9 Å². The van der Waals surface area contributed by atoms with Gasteiger partial charge in [0.05, 0.1) is 50.1 Å². The predicted molar refractivity (Wildman–Crippen MR) is 183 cm³/mol. The summed E-state index contributed by atoms with van der Waals surface area (Å²) in [6.45, 7) is 11.7. The molecule has 8 nitrogen and oxygen atoms in total. The number of carbonyl (C=O) groups is 2. The third-order valence-corrected chi connectivity index (χ3v) is 7.23. The van der Waals surface area contributed by atoms with Gasteiger partial charge in [-0.3, -0.25) is 0 Å². The molecule has 0 aromatic heterocycles. The molecule has 0 spiro atoms. The van der Waals surface area contributed by atoms with Crippen molar-refractivity contribution in [3.63, 3.8) is 0 Å². The second-order valence-electron chi connectivity index (χ2n) is 10.9. The molecule has 8 heteroatoms. The molecule has 0 N–H and O–H groups in total. The highest BCUT2D eigenvalue weighted by Gasteiger charge is 2.15. The zero-order valence-corrected chi connectivity index (χ0v) is 27.6. The van der Waals surface area contributed by atoms with E-state index in [4.69, 9.17) is 28.4 Å². The number of esters is 2. The van der Waals surface area contributed by atoms with Gasteiger partial charge in [0.25, 0.3) is 0 Å². The van der Waals surface area contributed by atoms with E-state index in [0.717, 1.165) is 63.4 Å². The fraction of sp³-hybridized carbons (Fsp3) is 0.385. The van der Waals surface area contributed by atoms with Crippen molar-refractivity contribution in [2.75, 3.05) is 26.4 Å². The summed E-state index contributed by atoms with van der Waals surface area (Å²) in [6, 6.07) is 18.9. The van der Waals surface area contributed by atoms with Crippen LogP contribution in [0.1, 0.15) is 91.0 Å². The molecule has 3 aromatic carbocycles. The van der Waals surface area contributed by atoms with Crippen LogP contribution >= 0.6 is 0 Å². The molecule has 0 bridgehead atoms. The van der Waals surface area contributed by atoms with E-state index in [1.165, 1.54) is 12.5 Å². The number of benzene rings is 3. The third-order valence-electron chi connectivity index (χ3n) is 7.23. The van der Waals surface area contributed by atoms with Gasteiger partial charge in [-0.25, -0.2) is 9.59 Å². The van der Waals surface area contributed by atoms with Crippen molar-refractivity contribution in [1.82, 2.24) is 0 Å². The normalized spacial score (nSPS) is 10.5. The maximum atomic E-state index is 12.9. The van der Waals surface area contributed by atoms with E-state index in [2.05, 4.69) is 13.2 Å². The van der Waals surface area contributed by atoms with Gasteiger partial charge in [0.1, 0.15) is 23.0 Å². The molecule has 0 atom stereocenters. The van der Waals surface area contributed by atoms with Crippen LogP contribution in [0.4, 0.5) is 0 Å². The number of hydrogen-bond donors (Lipinski definition) is 0. The van der Waals surface area contributed by atoms with Crippen LogP contribution in [0.2, 0.25) is 0 Å². The Hall–Kier alpha value is -4.72. The van der Waals surface area contributed by atoms with Gasteiger partial charge in [-0.1, -0.05) is 26.5 Å². The molecule has 3 aromatic rings. The Morgan fingerprint density at radius 3 is 1.49 bits per heavy atom. The first-order valence-corrected chi connectivity index (χ1v) is 16.5. The molecule has 0 amide bonds. The Morgan fingerprint density at radius 1 is 0.574 bits per heavy atom. The molecule has 0 fully saturated rings. The van der Waals surface area contributed by atoms with Gasteiger partial charge >= 0.3 is 11.9 Å². The Labute approximate surface area is 279 Å². The Morgan fingerprint density at radius 2 is 1.02 bits per heavy atom. The molecule has 0 heterocycles. The summed E-state index contributed by atoms with van der Waals surface area (Å²) in [4.78, 5) is 25.8. The van der Waals surface area contributed by atoms with Crippen molar-refractivity contribution in [3.05, 3.63) is 109 Å². The molecule has 252 valence electrons. The average molecular weight is 645 g/mol. The predicted octanol–water partition coefficient (Wildman–Crippen LogP) is 9.28. The van der Waals surface area contributed by atoms with Crippen LogP contribution in [0.5, 0.6) is 23.0 Å². The van der Waals surface area contributed by atoms with Crippen molar-refractivity contribution < 1.29 is 38.0 Å². The van der Waals surface area contributed by atoms with Crippen molar-refractivity contribution in [3.8, 4) is 23.0 Å². The van der Waals surface area contributed by atoms with E-state index < -0.39 is 11.9 Å². The maximum Gasteiger partial charge on any atom is 0.343 e. The minimum Gasteiger partial charge on any atom is -0.502 e. The molecule has 0 radical (unpaired) electrons. The van der Waals surface area contributed by atoms with E-state index in [9.17, 15) is 9.59 Å². The number of ether oxygens (including phenoxy) is 6. The summed E-state index contributed by atoms with van der Waals surface area (Å²) in [7, 11) is 0. The first-order valence-electron chi connectivity index (χ1n) is 16.5. The lowest BCUT2D eigenvalue weighted by atomic mass is 10.1. The van der Waals surface area contributed by atoms with Crippen LogP contribution in [0.25, 0.3) is 0 Å². The molecule has 0 saturated heterocycles. The molecular formula is C39H48O8. The quantitative estimate of drug-likeness (QED) is 0.0413. The van der Waals surface area contributed by atoms with Crippen LogP contribution in [0.3, 0.4) is 0 Å². The summed E-state index contributed by atoms with van der Waals surface area (Å²) < 4.78 is 33.2. The number of aryl methyl sites for hydroxylation is 1. The molecule has 0 aliphatic rings. The fourth-order valence-corrected chi connectivity index (χ4v) is 4.71. The topological polar surface area (TPSA) is 89.5 Å². The minimum atomic E-state index is -0.481. The van der Waals surface area contributed by atoms with Crippen molar-refractivity contribution in [2.45, 2.75) is 71.1 Å². The molecule has 47 heavy (non-hydrogen) atoms. The largest absolute Gasteiger partial charge is 0.502 e. The summed E-state index contributed by atoms with van der Waals surface area (Å²) in [6.07, 6.45) is 12.5. The molecule has 0 aliphatic heterocycles. The van der Waals surface area contributed by atoms with E-state index >= 15 is 0 Å². The standard InChI is InChI=1S/C39H48O8/c1-4-15-33-30-36(46-38(40)31-16-20-34(21-17-31)44-28-13-9-7-11-26-42-5-2)24-25-37(33)47-39(41)32-18-22-35(23-19-32)45-29-14-10-8-12-27-43-6-3/h5-6,16-25,30H,2-4,7-15,26-29H2,1H3. The highest BCUT2D eigenvalue weighted by Crippen LogP contribution is 2.28. The van der Waals surface area contributed by atoms with Crippen molar-refractivity contribution in [2.24, 2.45) is 0 Å². The lowest BCUT2D eigenvalue weighted by Gasteiger charge is -2.13. The number of rotatable bonds is 24. The number of carbonyl (C=O) groups excluding carboxylic acids is 2. The van der Waals surface area contributed by atoms with Gasteiger partial charge in [0.2, 0.25) is 0 Å². The average Bonchev–Trinajstić information content (AvgIpc) is 3.09. The zero-order chi connectivity index (χ0) is 33.5. The van der Waals surface area contributed by atoms with E-state index in [1.54, 1.807) is 66.7 Å². The van der Waals surface area contributed by atoms with Gasteiger partial charge in [0.15, 0.2) is 0 Å². The van der Waals surface area contributed by atoms with Crippen LogP contribution in [0, 0.1) is 0 Å². The van der Waals surface area contributed by atoms with Gasteiger partial charge in [-0.2, -0.15) is 0 Å². The van der Waals surface area contributed by atoms with E-state index in [0.29, 0.717) is 67.0 Å². The molecular weight excluding hydrogens is 596 g/mol. The fourth-order valence-electron chi connectivity index (χ4n) is 4.71. The number of hydrogen-bond acceptors (Lipinski definition) is 8. The van der Waals surface area contributed by atoms with E-state index in [-0.39, 0.29) is 0 Å². The third kappa shape index (κ3) is 14.1. The van der Waals surface area contributed by atoms with Crippen LogP contribution in [-0.2, 0) is 15.9 Å². The summed E-state index contributed by atoms with van der Waals surface area (Å²) >= 11 is 0. The Bertz CT molecular complexity index is 1360. The molecule has 0 unspecified atom stereocenters.